The Kier molecular flexibility index (Phi) is 4.22. The molecule has 1 saturated heterocycles. The van der Waals surface area contributed by atoms with Crippen LogP contribution in [0.5, 0.6) is 0 Å². The summed E-state index contributed by atoms with van der Waals surface area (Å²) in [6, 6.07) is 7.03. The first-order valence-electron chi connectivity index (χ1n) is 7.58. The highest BCUT2D eigenvalue weighted by atomic mass is 32.1. The second-order valence-corrected chi connectivity index (χ2v) is 6.63. The van der Waals surface area contributed by atoms with Crippen molar-refractivity contribution >= 4 is 27.2 Å². The molecule has 1 aliphatic rings. The summed E-state index contributed by atoms with van der Waals surface area (Å²) in [5, 5.41) is 3.69. The Bertz CT molecular complexity index is 558. The maximum absolute atomic E-state index is 4.33. The van der Waals surface area contributed by atoms with Crippen molar-refractivity contribution in [3.8, 4) is 0 Å². The van der Waals surface area contributed by atoms with Gasteiger partial charge >= 0.3 is 0 Å². The zero-order chi connectivity index (χ0) is 13.9. The lowest BCUT2D eigenvalue weighted by atomic mass is 9.90. The van der Waals surface area contributed by atoms with Gasteiger partial charge in [0.2, 0.25) is 0 Å². The molecule has 0 bridgehead atoms. The molecular formula is C16H23N3S. The fourth-order valence-electron chi connectivity index (χ4n) is 3.09. The van der Waals surface area contributed by atoms with Gasteiger partial charge in [0.1, 0.15) is 0 Å². The van der Waals surface area contributed by atoms with Crippen molar-refractivity contribution in [2.75, 3.05) is 25.0 Å². The van der Waals surface area contributed by atoms with E-state index in [0.717, 1.165) is 11.4 Å². The fraction of sp³-hybridized carbons (Fsp3) is 0.562. The Morgan fingerprint density at radius 2 is 2.20 bits per heavy atom. The summed E-state index contributed by atoms with van der Waals surface area (Å²) in [4.78, 5) is 6.88. The molecule has 1 fully saturated rings. The Balaban J connectivity index is 1.62. The lowest BCUT2D eigenvalue weighted by molar-refractivity contribution is 0.183. The molecule has 0 amide bonds. The molecule has 2 aromatic rings. The van der Waals surface area contributed by atoms with E-state index in [-0.39, 0.29) is 0 Å². The van der Waals surface area contributed by atoms with E-state index in [1.54, 1.807) is 11.3 Å². The van der Waals surface area contributed by atoms with Gasteiger partial charge in [0, 0.05) is 11.7 Å². The third-order valence-corrected chi connectivity index (χ3v) is 5.30. The van der Waals surface area contributed by atoms with Crippen LogP contribution in [0.2, 0.25) is 0 Å². The van der Waals surface area contributed by atoms with Crippen LogP contribution in [0.15, 0.2) is 23.7 Å². The molecule has 0 spiro atoms. The Morgan fingerprint density at radius 1 is 1.40 bits per heavy atom. The first-order chi connectivity index (χ1) is 9.76. The SMILES string of the molecule is CCN1CCC(C(C)Nc2ccc3ncsc3c2)CC1. The van der Waals surface area contributed by atoms with Crippen molar-refractivity contribution < 1.29 is 0 Å². The number of benzene rings is 1. The molecular weight excluding hydrogens is 266 g/mol. The number of hydrogen-bond donors (Lipinski definition) is 1. The Labute approximate surface area is 125 Å². The Morgan fingerprint density at radius 3 is 2.95 bits per heavy atom. The molecule has 2 heterocycles. The predicted molar refractivity (Wildman–Crippen MR) is 87.5 cm³/mol. The summed E-state index contributed by atoms with van der Waals surface area (Å²) in [7, 11) is 0. The minimum Gasteiger partial charge on any atom is -0.382 e. The van der Waals surface area contributed by atoms with Crippen molar-refractivity contribution in [2.45, 2.75) is 32.7 Å². The van der Waals surface area contributed by atoms with Crippen LogP contribution in [0, 0.1) is 5.92 Å². The van der Waals surface area contributed by atoms with Gasteiger partial charge in [-0.3, -0.25) is 0 Å². The normalized spacial score (nSPS) is 19.3. The smallest absolute Gasteiger partial charge is 0.0813 e. The first-order valence-corrected chi connectivity index (χ1v) is 8.46. The van der Waals surface area contributed by atoms with Crippen LogP contribution in [0.25, 0.3) is 10.2 Å². The molecule has 1 aromatic heterocycles. The van der Waals surface area contributed by atoms with Gasteiger partial charge in [-0.25, -0.2) is 4.98 Å². The zero-order valence-electron chi connectivity index (χ0n) is 12.3. The number of thiazole rings is 1. The van der Waals surface area contributed by atoms with E-state index >= 15 is 0 Å². The molecule has 0 aliphatic carbocycles. The molecule has 0 radical (unpaired) electrons. The standard InChI is InChI=1S/C16H23N3S/c1-3-19-8-6-13(7-9-19)12(2)18-14-4-5-15-16(10-14)20-11-17-15/h4-5,10-13,18H,3,6-9H2,1-2H3. The molecule has 20 heavy (non-hydrogen) atoms. The number of fused-ring (bicyclic) bond motifs is 1. The lowest BCUT2D eigenvalue weighted by Gasteiger charge is -2.34. The summed E-state index contributed by atoms with van der Waals surface area (Å²) < 4.78 is 1.27. The maximum atomic E-state index is 4.33. The van der Waals surface area contributed by atoms with Crippen LogP contribution in [0.3, 0.4) is 0 Å². The average Bonchev–Trinajstić information content (AvgIpc) is 2.95. The van der Waals surface area contributed by atoms with E-state index in [1.165, 1.54) is 42.9 Å². The van der Waals surface area contributed by atoms with Crippen LogP contribution in [0.1, 0.15) is 26.7 Å². The highest BCUT2D eigenvalue weighted by molar-refractivity contribution is 7.16. The van der Waals surface area contributed by atoms with E-state index in [2.05, 4.69) is 47.2 Å². The third kappa shape index (κ3) is 2.96. The van der Waals surface area contributed by atoms with Crippen LogP contribution in [0.4, 0.5) is 5.69 Å². The Hall–Kier alpha value is -1.13. The van der Waals surface area contributed by atoms with Crippen LogP contribution in [-0.4, -0.2) is 35.6 Å². The second-order valence-electron chi connectivity index (χ2n) is 5.74. The molecule has 1 unspecified atom stereocenters. The van der Waals surface area contributed by atoms with Gasteiger partial charge in [0.25, 0.3) is 0 Å². The molecule has 1 N–H and O–H groups in total. The van der Waals surface area contributed by atoms with Crippen molar-refractivity contribution in [2.24, 2.45) is 5.92 Å². The number of hydrogen-bond acceptors (Lipinski definition) is 4. The van der Waals surface area contributed by atoms with Crippen molar-refractivity contribution in [3.63, 3.8) is 0 Å². The predicted octanol–water partition coefficient (Wildman–Crippen LogP) is 3.83. The minimum atomic E-state index is 0.541. The number of aromatic nitrogens is 1. The number of rotatable bonds is 4. The summed E-state index contributed by atoms with van der Waals surface area (Å²) in [6.07, 6.45) is 2.62. The number of likely N-dealkylation sites (tertiary alicyclic amines) is 1. The summed E-state index contributed by atoms with van der Waals surface area (Å²) in [5.74, 6) is 0.787. The molecule has 3 rings (SSSR count). The van der Waals surface area contributed by atoms with Gasteiger partial charge in [-0.2, -0.15) is 0 Å². The molecule has 1 atom stereocenters. The minimum absolute atomic E-state index is 0.541. The molecule has 4 heteroatoms. The quantitative estimate of drug-likeness (QED) is 0.927. The second kappa shape index (κ2) is 6.10. The van der Waals surface area contributed by atoms with Crippen LogP contribution >= 0.6 is 11.3 Å². The van der Waals surface area contributed by atoms with E-state index in [1.807, 2.05) is 5.51 Å². The third-order valence-electron chi connectivity index (χ3n) is 4.51. The molecule has 0 saturated carbocycles. The van der Waals surface area contributed by atoms with Gasteiger partial charge in [-0.15, -0.1) is 11.3 Å². The number of nitrogens with one attached hydrogen (secondary N) is 1. The van der Waals surface area contributed by atoms with Crippen molar-refractivity contribution in [3.05, 3.63) is 23.7 Å². The molecule has 1 aromatic carbocycles. The van der Waals surface area contributed by atoms with Gasteiger partial charge in [-0.1, -0.05) is 6.92 Å². The van der Waals surface area contributed by atoms with Gasteiger partial charge in [0.05, 0.1) is 15.7 Å². The van der Waals surface area contributed by atoms with E-state index in [0.29, 0.717) is 6.04 Å². The number of piperidine rings is 1. The fourth-order valence-corrected chi connectivity index (χ4v) is 3.81. The molecule has 3 nitrogen and oxygen atoms in total. The first kappa shape index (κ1) is 13.8. The number of anilines is 1. The van der Waals surface area contributed by atoms with Crippen LogP contribution < -0.4 is 5.32 Å². The zero-order valence-corrected chi connectivity index (χ0v) is 13.1. The van der Waals surface area contributed by atoms with Crippen LogP contribution in [-0.2, 0) is 0 Å². The van der Waals surface area contributed by atoms with E-state index < -0.39 is 0 Å². The largest absolute Gasteiger partial charge is 0.382 e. The van der Waals surface area contributed by atoms with E-state index in [4.69, 9.17) is 0 Å². The molecule has 1 aliphatic heterocycles. The summed E-state index contributed by atoms with van der Waals surface area (Å²) in [6.45, 7) is 8.27. The van der Waals surface area contributed by atoms with Crippen molar-refractivity contribution in [1.82, 2.24) is 9.88 Å². The maximum Gasteiger partial charge on any atom is 0.0813 e. The number of nitrogens with zero attached hydrogens (tertiary/aromatic N) is 2. The van der Waals surface area contributed by atoms with Gasteiger partial charge in [0.15, 0.2) is 0 Å². The monoisotopic (exact) mass is 289 g/mol. The van der Waals surface area contributed by atoms with Gasteiger partial charge in [-0.05, 0) is 63.5 Å². The highest BCUT2D eigenvalue weighted by Gasteiger charge is 2.23. The summed E-state index contributed by atoms with van der Waals surface area (Å²) >= 11 is 1.71. The van der Waals surface area contributed by atoms with Crippen molar-refractivity contribution in [1.29, 1.82) is 0 Å². The highest BCUT2D eigenvalue weighted by Crippen LogP contribution is 2.26. The average molecular weight is 289 g/mol. The topological polar surface area (TPSA) is 28.2 Å². The summed E-state index contributed by atoms with van der Waals surface area (Å²) in [5.41, 5.74) is 4.25. The van der Waals surface area contributed by atoms with E-state index in [9.17, 15) is 0 Å². The lowest BCUT2D eigenvalue weighted by Crippen LogP contribution is -2.39. The molecule has 108 valence electrons. The van der Waals surface area contributed by atoms with Gasteiger partial charge < -0.3 is 10.2 Å².